The molecule has 3 amide bonds. The third-order valence-electron chi connectivity index (χ3n) is 7.57. The lowest BCUT2D eigenvalue weighted by Crippen LogP contribution is -2.31. The molecule has 0 spiro atoms. The van der Waals surface area contributed by atoms with Crippen LogP contribution in [0.1, 0.15) is 44.2 Å². The highest BCUT2D eigenvalue weighted by molar-refractivity contribution is 6.22. The van der Waals surface area contributed by atoms with Gasteiger partial charge in [-0.1, -0.05) is 36.8 Å². The normalized spacial score (nSPS) is 23.7. The first-order chi connectivity index (χ1) is 17.3. The maximum absolute atomic E-state index is 13.1. The fraction of sp³-hybridized carbons (Fsp3) is 0.379. The van der Waals surface area contributed by atoms with E-state index in [1.807, 2.05) is 44.2 Å². The van der Waals surface area contributed by atoms with Crippen molar-refractivity contribution in [1.82, 2.24) is 0 Å². The number of rotatable bonds is 5. The lowest BCUT2D eigenvalue weighted by molar-refractivity contribution is -0.139. The second-order valence-corrected chi connectivity index (χ2v) is 9.97. The van der Waals surface area contributed by atoms with E-state index in [1.54, 1.807) is 30.0 Å². The number of hydrogen-bond acceptors (Lipinski definition) is 5. The van der Waals surface area contributed by atoms with Gasteiger partial charge in [0.2, 0.25) is 17.7 Å². The number of para-hydroxylation sites is 1. The Morgan fingerprint density at radius 2 is 1.72 bits per heavy atom. The highest BCUT2D eigenvalue weighted by Gasteiger charge is 2.49. The van der Waals surface area contributed by atoms with Crippen LogP contribution in [0, 0.1) is 24.7 Å². The van der Waals surface area contributed by atoms with Crippen molar-refractivity contribution in [3.63, 3.8) is 0 Å². The van der Waals surface area contributed by atoms with Crippen LogP contribution in [0.3, 0.4) is 0 Å². The van der Waals surface area contributed by atoms with Gasteiger partial charge in [0, 0.05) is 18.7 Å². The average Bonchev–Trinajstić information content (AvgIpc) is 3.36. The number of carbonyl (C=O) groups is 4. The first-order valence-corrected chi connectivity index (χ1v) is 12.5. The minimum absolute atomic E-state index is 0.0957. The summed E-state index contributed by atoms with van der Waals surface area (Å²) in [5.41, 5.74) is 4.23. The maximum atomic E-state index is 13.1. The number of aryl methyl sites for hydroxylation is 2. The summed E-state index contributed by atoms with van der Waals surface area (Å²) in [5.74, 6) is -1.74. The summed E-state index contributed by atoms with van der Waals surface area (Å²) in [6.07, 6.45) is 4.13. The molecule has 7 nitrogen and oxygen atoms in total. The topological polar surface area (TPSA) is 84.0 Å². The van der Waals surface area contributed by atoms with Crippen LogP contribution < -0.4 is 14.5 Å². The predicted octanol–water partition coefficient (Wildman–Crippen LogP) is 4.36. The summed E-state index contributed by atoms with van der Waals surface area (Å²) in [4.78, 5) is 54.7. The first-order valence-electron chi connectivity index (χ1n) is 12.5. The van der Waals surface area contributed by atoms with Crippen molar-refractivity contribution in [2.24, 2.45) is 17.8 Å². The van der Waals surface area contributed by atoms with Crippen LogP contribution in [0.15, 0.2) is 54.1 Å². The van der Waals surface area contributed by atoms with Crippen LogP contribution in [-0.2, 0) is 25.6 Å². The Morgan fingerprint density at radius 1 is 0.972 bits per heavy atom. The fourth-order valence-electron chi connectivity index (χ4n) is 5.59. The van der Waals surface area contributed by atoms with Gasteiger partial charge in [0.05, 0.1) is 23.4 Å². The summed E-state index contributed by atoms with van der Waals surface area (Å²) in [6.45, 7) is 6.09. The molecule has 3 atom stereocenters. The number of ether oxygens (including phenoxy) is 1. The van der Waals surface area contributed by atoms with E-state index in [-0.39, 0.29) is 42.5 Å². The number of imide groups is 1. The molecule has 2 aliphatic heterocycles. The van der Waals surface area contributed by atoms with E-state index in [9.17, 15) is 19.2 Å². The van der Waals surface area contributed by atoms with Gasteiger partial charge in [-0.2, -0.15) is 0 Å². The number of amides is 3. The molecule has 2 aromatic rings. The number of nitrogens with zero attached hydrogens (tertiary/aromatic N) is 2. The van der Waals surface area contributed by atoms with Crippen molar-refractivity contribution in [2.45, 2.75) is 46.5 Å². The van der Waals surface area contributed by atoms with Crippen molar-refractivity contribution in [3.05, 3.63) is 65.2 Å². The molecular weight excluding hydrogens is 456 g/mol. The summed E-state index contributed by atoms with van der Waals surface area (Å²) >= 11 is 0. The number of benzene rings is 2. The molecule has 7 heteroatoms. The number of fused-ring (bicyclic) bond motifs is 1. The molecule has 2 heterocycles. The zero-order valence-electron chi connectivity index (χ0n) is 20.8. The van der Waals surface area contributed by atoms with Gasteiger partial charge in [0.15, 0.2) is 0 Å². The van der Waals surface area contributed by atoms with Gasteiger partial charge in [-0.15, -0.1) is 0 Å². The minimum Gasteiger partial charge on any atom is -0.426 e. The Balaban J connectivity index is 1.29. The van der Waals surface area contributed by atoms with Gasteiger partial charge < -0.3 is 9.64 Å². The number of anilines is 2. The number of allylic oxidation sites excluding steroid dienone is 2. The molecule has 0 N–H and O–H groups in total. The quantitative estimate of drug-likeness (QED) is 0.271. The van der Waals surface area contributed by atoms with Crippen molar-refractivity contribution in [3.8, 4) is 5.75 Å². The lowest BCUT2D eigenvalue weighted by Gasteiger charge is -2.20. The van der Waals surface area contributed by atoms with E-state index in [0.717, 1.165) is 23.2 Å². The van der Waals surface area contributed by atoms with E-state index in [4.69, 9.17) is 4.74 Å². The van der Waals surface area contributed by atoms with Crippen molar-refractivity contribution >= 4 is 35.1 Å². The van der Waals surface area contributed by atoms with Crippen molar-refractivity contribution < 1.29 is 23.9 Å². The van der Waals surface area contributed by atoms with Crippen LogP contribution in [-0.4, -0.2) is 30.2 Å². The minimum atomic E-state index is -0.567. The zero-order valence-corrected chi connectivity index (χ0v) is 20.8. The van der Waals surface area contributed by atoms with E-state index >= 15 is 0 Å². The predicted molar refractivity (Wildman–Crippen MR) is 136 cm³/mol. The third kappa shape index (κ3) is 4.12. The number of carbonyl (C=O) groups excluding carboxylic acids is 4. The molecular formula is C29H30N2O5. The highest BCUT2D eigenvalue weighted by Crippen LogP contribution is 2.41. The zero-order chi connectivity index (χ0) is 25.6. The molecule has 0 aromatic heterocycles. The third-order valence-corrected chi connectivity index (χ3v) is 7.57. The molecule has 0 saturated carbocycles. The summed E-state index contributed by atoms with van der Waals surface area (Å²) in [7, 11) is 0. The lowest BCUT2D eigenvalue weighted by atomic mass is 9.82. The smallest absolute Gasteiger partial charge is 0.316 e. The average molecular weight is 487 g/mol. The van der Waals surface area contributed by atoms with Crippen LogP contribution in [0.4, 0.5) is 11.4 Å². The summed E-state index contributed by atoms with van der Waals surface area (Å²) < 4.78 is 5.63. The molecule has 1 aliphatic carbocycles. The molecule has 0 radical (unpaired) electrons. The van der Waals surface area contributed by atoms with Gasteiger partial charge in [0.25, 0.3) is 0 Å². The first kappa shape index (κ1) is 24.0. The maximum Gasteiger partial charge on any atom is 0.316 e. The van der Waals surface area contributed by atoms with Crippen LogP contribution in [0.2, 0.25) is 0 Å². The summed E-state index contributed by atoms with van der Waals surface area (Å²) in [5, 5.41) is 0. The number of esters is 1. The molecule has 2 aromatic carbocycles. The Hall–Kier alpha value is -3.74. The molecule has 0 unspecified atom stereocenters. The van der Waals surface area contributed by atoms with Gasteiger partial charge in [0.1, 0.15) is 5.75 Å². The number of hydrogen-bond donors (Lipinski definition) is 0. The monoisotopic (exact) mass is 486 g/mol. The summed E-state index contributed by atoms with van der Waals surface area (Å²) in [6, 6.07) is 12.7. The van der Waals surface area contributed by atoms with E-state index in [2.05, 4.69) is 0 Å². The van der Waals surface area contributed by atoms with Crippen molar-refractivity contribution in [2.75, 3.05) is 16.3 Å². The highest BCUT2D eigenvalue weighted by atomic mass is 16.5. The van der Waals surface area contributed by atoms with Gasteiger partial charge in [-0.25, -0.2) is 4.90 Å². The Labute approximate surface area is 210 Å². The molecule has 186 valence electrons. The Kier molecular flexibility index (Phi) is 6.24. The Morgan fingerprint density at radius 3 is 2.47 bits per heavy atom. The van der Waals surface area contributed by atoms with Gasteiger partial charge >= 0.3 is 5.97 Å². The van der Waals surface area contributed by atoms with E-state index in [1.165, 1.54) is 4.90 Å². The SMILES string of the molecule is CCc1ccccc1N1C[C@H](C(=O)Oc2ccc(N3C(=O)[C@@H]4CC=C(C)C[C@H]4C3=O)c(C)c2)CC1=O. The van der Waals surface area contributed by atoms with Gasteiger partial charge in [-0.3, -0.25) is 19.2 Å². The largest absolute Gasteiger partial charge is 0.426 e. The standard InChI is InChI=1S/C29H30N2O5/c1-4-19-7-5-6-8-25(19)30-16-20(15-26(30)32)29(35)36-21-10-12-24(18(3)14-21)31-27(33)22-11-9-17(2)13-23(22)28(31)34/h5-10,12,14,20,22-23H,4,11,13,15-16H2,1-3H3/t20-,22-,23-/m1/s1. The molecule has 0 bridgehead atoms. The van der Waals surface area contributed by atoms with Crippen LogP contribution >= 0.6 is 0 Å². The molecule has 2 saturated heterocycles. The van der Waals surface area contributed by atoms with E-state index in [0.29, 0.717) is 29.8 Å². The Bertz CT molecular complexity index is 1300. The van der Waals surface area contributed by atoms with Gasteiger partial charge in [-0.05, 0) is 68.5 Å². The van der Waals surface area contributed by atoms with E-state index < -0.39 is 11.9 Å². The molecule has 36 heavy (non-hydrogen) atoms. The second kappa shape index (κ2) is 9.37. The van der Waals surface area contributed by atoms with Crippen LogP contribution in [0.5, 0.6) is 5.75 Å². The van der Waals surface area contributed by atoms with Crippen molar-refractivity contribution in [1.29, 1.82) is 0 Å². The molecule has 3 aliphatic rings. The molecule has 5 rings (SSSR count). The molecule has 2 fully saturated rings. The fourth-order valence-corrected chi connectivity index (χ4v) is 5.59. The van der Waals surface area contributed by atoms with Crippen LogP contribution in [0.25, 0.3) is 0 Å². The second-order valence-electron chi connectivity index (χ2n) is 9.97.